The van der Waals surface area contributed by atoms with E-state index in [1.807, 2.05) is 18.2 Å². The first-order valence-corrected chi connectivity index (χ1v) is 17.8. The Bertz CT molecular complexity index is 2510. The summed E-state index contributed by atoms with van der Waals surface area (Å²) < 4.78 is 294. The highest BCUT2D eigenvalue weighted by Crippen LogP contribution is 2.33. The van der Waals surface area contributed by atoms with Crippen molar-refractivity contribution >= 4 is 28.0 Å². The summed E-state index contributed by atoms with van der Waals surface area (Å²) in [6.07, 6.45) is -7.22. The molecule has 0 unspecified atom stereocenters. The van der Waals surface area contributed by atoms with Crippen LogP contribution in [0.3, 0.4) is 0 Å². The van der Waals surface area contributed by atoms with Crippen LogP contribution in [0.15, 0.2) is 91.0 Å². The molecule has 0 aromatic heterocycles. The van der Waals surface area contributed by atoms with Crippen LogP contribution in [0.2, 0.25) is 0 Å². The molecule has 0 bridgehead atoms. The van der Waals surface area contributed by atoms with Crippen LogP contribution < -0.4 is 27.6 Å². The van der Waals surface area contributed by atoms with Crippen LogP contribution in [0.1, 0.15) is 16.7 Å². The maximum absolute atomic E-state index is 15.4. The summed E-state index contributed by atoms with van der Waals surface area (Å²) in [6, 6.07) is 31.4. The predicted molar refractivity (Wildman–Crippen MR) is 191 cm³/mol. The third-order valence-electron chi connectivity index (χ3n) is 10.5. The van der Waals surface area contributed by atoms with E-state index in [4.69, 9.17) is 0 Å². The SMILES string of the molecule is Fc1c(F)c(F)c([B-](c2c(F)c(F)c(F)c(F)c2F)(c2c(F)c(F)c(F)c(F)c2F)c2c(F)c(F)c(F)c(F)c2F)c(F)c1F.[NH3+]C(c1ccccc1)(c1ccccc1)c1ccccc1. The molecule has 0 saturated heterocycles. The number of halogens is 20. The molecular weight excluding hydrogens is 921 g/mol. The molecule has 1 nitrogen and oxygen atoms in total. The van der Waals surface area contributed by atoms with Crippen LogP contribution in [0.4, 0.5) is 87.8 Å². The van der Waals surface area contributed by atoms with Gasteiger partial charge in [0.2, 0.25) is 0 Å². The van der Waals surface area contributed by atoms with Crippen LogP contribution >= 0.6 is 0 Å². The van der Waals surface area contributed by atoms with E-state index in [2.05, 4.69) is 78.5 Å². The van der Waals surface area contributed by atoms with E-state index >= 15 is 35.1 Å². The Kier molecular flexibility index (Phi) is 12.9. The van der Waals surface area contributed by atoms with E-state index in [1.165, 1.54) is 16.7 Å². The summed E-state index contributed by atoms with van der Waals surface area (Å²) in [7, 11) is 0. The van der Waals surface area contributed by atoms with Gasteiger partial charge in [-0.1, -0.05) is 91.0 Å². The Balaban J connectivity index is 0.000000289. The third-order valence-corrected chi connectivity index (χ3v) is 10.5. The van der Waals surface area contributed by atoms with Crippen molar-refractivity contribution in [1.29, 1.82) is 0 Å². The molecule has 22 heteroatoms. The molecule has 65 heavy (non-hydrogen) atoms. The lowest BCUT2D eigenvalue weighted by Gasteiger charge is -2.44. The molecule has 0 amide bonds. The zero-order chi connectivity index (χ0) is 48.2. The van der Waals surface area contributed by atoms with Gasteiger partial charge >= 0.3 is 0 Å². The van der Waals surface area contributed by atoms with Gasteiger partial charge in [-0.15, -0.1) is 21.9 Å². The van der Waals surface area contributed by atoms with E-state index in [0.29, 0.717) is 0 Å². The zero-order valence-electron chi connectivity index (χ0n) is 31.5. The molecule has 0 saturated carbocycles. The van der Waals surface area contributed by atoms with Gasteiger partial charge in [0.05, 0.1) is 0 Å². The monoisotopic (exact) mass is 939 g/mol. The topological polar surface area (TPSA) is 27.6 Å². The first-order chi connectivity index (χ1) is 30.5. The van der Waals surface area contributed by atoms with Crippen molar-refractivity contribution in [3.05, 3.63) is 224 Å². The van der Waals surface area contributed by atoms with Crippen molar-refractivity contribution in [2.45, 2.75) is 5.54 Å². The Morgan fingerprint density at radius 1 is 0.231 bits per heavy atom. The normalized spacial score (nSPS) is 11.8. The molecule has 7 aromatic carbocycles. The molecule has 0 aliphatic carbocycles. The van der Waals surface area contributed by atoms with Gasteiger partial charge in [-0.05, 0) is 0 Å². The van der Waals surface area contributed by atoms with E-state index in [1.54, 1.807) is 0 Å². The van der Waals surface area contributed by atoms with Crippen molar-refractivity contribution in [2.24, 2.45) is 0 Å². The Hall–Kier alpha value is -6.84. The summed E-state index contributed by atoms with van der Waals surface area (Å²) in [5, 5.41) is 0. The first-order valence-electron chi connectivity index (χ1n) is 17.8. The Morgan fingerprint density at radius 3 is 0.523 bits per heavy atom. The summed E-state index contributed by atoms with van der Waals surface area (Å²) in [5.41, 5.74) is -6.50. The van der Waals surface area contributed by atoms with Crippen LogP contribution in [0, 0.1) is 116 Å². The second-order valence-electron chi connectivity index (χ2n) is 13.8. The van der Waals surface area contributed by atoms with Crippen LogP contribution in [-0.2, 0) is 5.54 Å². The molecule has 0 radical (unpaired) electrons. The van der Waals surface area contributed by atoms with Crippen LogP contribution in [0.5, 0.6) is 0 Å². The van der Waals surface area contributed by atoms with Gasteiger partial charge in [0.25, 0.3) is 0 Å². The largest absolute Gasteiger partial charge is 0.341 e. The smallest absolute Gasteiger partial charge is 0.200 e. The minimum atomic E-state index is -7.22. The molecule has 7 rings (SSSR count). The Labute approximate surface area is 350 Å². The van der Waals surface area contributed by atoms with Gasteiger partial charge in [0.15, 0.2) is 75.3 Å². The highest BCUT2D eigenvalue weighted by molar-refractivity contribution is 7.20. The number of hydrogen-bond donors (Lipinski definition) is 1. The number of benzene rings is 7. The summed E-state index contributed by atoms with van der Waals surface area (Å²) in [5.74, 6) is -71.4. The highest BCUT2D eigenvalue weighted by atomic mass is 19.2. The highest BCUT2D eigenvalue weighted by Gasteiger charge is 2.52. The molecule has 0 aliphatic heterocycles. The fourth-order valence-corrected chi connectivity index (χ4v) is 7.54. The van der Waals surface area contributed by atoms with Gasteiger partial charge in [-0.3, -0.25) is 0 Å². The summed E-state index contributed by atoms with van der Waals surface area (Å²) in [6.45, 7) is 0. The van der Waals surface area contributed by atoms with E-state index in [-0.39, 0.29) is 5.54 Å². The molecule has 0 atom stereocenters. The molecule has 7 aromatic rings. The van der Waals surface area contributed by atoms with Crippen LogP contribution in [0.25, 0.3) is 0 Å². The van der Waals surface area contributed by atoms with Gasteiger partial charge in [0.1, 0.15) is 52.7 Å². The molecule has 0 aliphatic rings. The lowest BCUT2D eigenvalue weighted by atomic mass is 9.12. The van der Waals surface area contributed by atoms with E-state index in [0.717, 1.165) is 0 Å². The average Bonchev–Trinajstić information content (AvgIpc) is 3.32. The predicted octanol–water partition coefficient (Wildman–Crippen LogP) is 9.07. The minimum Gasteiger partial charge on any atom is -0.341 e. The minimum absolute atomic E-state index is 0.371. The first kappa shape index (κ1) is 47.6. The fraction of sp³-hybridized carbons (Fsp3) is 0.0233. The summed E-state index contributed by atoms with van der Waals surface area (Å²) in [4.78, 5) is 0. The lowest BCUT2D eigenvalue weighted by molar-refractivity contribution is -0.455. The van der Waals surface area contributed by atoms with Crippen LogP contribution in [-0.4, -0.2) is 6.15 Å². The van der Waals surface area contributed by atoms with Gasteiger partial charge in [0, 0.05) is 16.7 Å². The maximum atomic E-state index is 15.4. The second kappa shape index (κ2) is 17.6. The van der Waals surface area contributed by atoms with Gasteiger partial charge < -0.3 is 5.73 Å². The summed E-state index contributed by atoms with van der Waals surface area (Å²) >= 11 is 0. The average molecular weight is 939 g/mol. The van der Waals surface area contributed by atoms with Crippen molar-refractivity contribution in [3.63, 3.8) is 0 Å². The number of hydrogen-bond acceptors (Lipinski definition) is 0. The van der Waals surface area contributed by atoms with Gasteiger partial charge in [-0.2, -0.15) is 0 Å². The number of rotatable bonds is 7. The quantitative estimate of drug-likeness (QED) is 0.0544. The van der Waals surface area contributed by atoms with Crippen molar-refractivity contribution in [2.75, 3.05) is 0 Å². The van der Waals surface area contributed by atoms with E-state index in [9.17, 15) is 52.7 Å². The molecule has 338 valence electrons. The van der Waals surface area contributed by atoms with Gasteiger partial charge in [-0.25, -0.2) is 87.8 Å². The molecule has 3 N–H and O–H groups in total. The molecule has 0 heterocycles. The molecule has 0 fully saturated rings. The standard InChI is InChI=1S/C24BF20.C19H17N/c26-5-1(6(27)14(35)21(42)13(5)34)25(2-7(28)15(36)22(43)16(37)8(2)29,3-9(30)17(38)23(44)18(39)10(3)31)4-11(32)19(40)24(45)20(41)12(4)33;20-19(16-10-4-1-5-11-16,17-12-6-2-7-13-17)18-14-8-3-9-15-18/h;1-15H,20H2/q-1;/p+1. The Morgan fingerprint density at radius 2 is 0.369 bits per heavy atom. The lowest BCUT2D eigenvalue weighted by Crippen LogP contribution is -2.81. The number of quaternary nitrogens is 1. The maximum Gasteiger partial charge on any atom is 0.200 e. The third kappa shape index (κ3) is 7.23. The second-order valence-corrected chi connectivity index (χ2v) is 13.8. The molecular formula is C43H18BF20N. The fourth-order valence-electron chi connectivity index (χ4n) is 7.54. The van der Waals surface area contributed by atoms with E-state index < -0.39 is 144 Å². The molecule has 0 spiro atoms. The van der Waals surface area contributed by atoms with Crippen molar-refractivity contribution in [3.8, 4) is 0 Å². The van der Waals surface area contributed by atoms with Crippen molar-refractivity contribution < 1.29 is 93.5 Å². The zero-order valence-corrected chi connectivity index (χ0v) is 31.5. The van der Waals surface area contributed by atoms with Crippen molar-refractivity contribution in [1.82, 2.24) is 0 Å².